The number of amides is 1. The summed E-state index contributed by atoms with van der Waals surface area (Å²) < 4.78 is 10.7. The van der Waals surface area contributed by atoms with Gasteiger partial charge in [-0.1, -0.05) is 0 Å². The van der Waals surface area contributed by atoms with Crippen LogP contribution in [0.5, 0.6) is 5.75 Å². The van der Waals surface area contributed by atoms with E-state index in [1.54, 1.807) is 20.4 Å². The van der Waals surface area contributed by atoms with E-state index < -0.39 is 11.7 Å². The summed E-state index contributed by atoms with van der Waals surface area (Å²) in [6.45, 7) is 5.54. The molecule has 5 heteroatoms. The first-order chi connectivity index (χ1) is 9.31. The molecule has 1 aromatic rings. The van der Waals surface area contributed by atoms with Crippen molar-refractivity contribution >= 4 is 11.8 Å². The lowest BCUT2D eigenvalue weighted by atomic mass is 10.2. The highest BCUT2D eigenvalue weighted by Gasteiger charge is 2.28. The van der Waals surface area contributed by atoms with Gasteiger partial charge in [0.15, 0.2) is 5.75 Å². The van der Waals surface area contributed by atoms with Gasteiger partial charge >= 0.3 is 6.09 Å². The molecular weight excluding hydrogens is 256 g/mol. The zero-order valence-electron chi connectivity index (χ0n) is 12.8. The summed E-state index contributed by atoms with van der Waals surface area (Å²) in [6.07, 6.45) is 3.59. The minimum atomic E-state index is -0.523. The second-order valence-corrected chi connectivity index (χ2v) is 6.09. The van der Waals surface area contributed by atoms with E-state index in [9.17, 15) is 4.79 Å². The van der Waals surface area contributed by atoms with Crippen LogP contribution in [0.1, 0.15) is 45.2 Å². The Morgan fingerprint density at radius 2 is 2.05 bits per heavy atom. The van der Waals surface area contributed by atoms with Gasteiger partial charge in [-0.05, 0) is 39.7 Å². The molecule has 110 valence electrons. The van der Waals surface area contributed by atoms with E-state index in [2.05, 4.69) is 4.98 Å². The van der Waals surface area contributed by atoms with Gasteiger partial charge in [0.2, 0.25) is 0 Å². The molecule has 1 heterocycles. The molecule has 2 rings (SSSR count). The van der Waals surface area contributed by atoms with Crippen LogP contribution in [-0.4, -0.2) is 30.8 Å². The maximum atomic E-state index is 12.2. The van der Waals surface area contributed by atoms with E-state index in [1.807, 2.05) is 26.8 Å². The van der Waals surface area contributed by atoms with Crippen LogP contribution in [0, 0.1) is 0 Å². The van der Waals surface area contributed by atoms with Crippen molar-refractivity contribution < 1.29 is 14.3 Å². The van der Waals surface area contributed by atoms with Crippen LogP contribution in [0.3, 0.4) is 0 Å². The highest BCUT2D eigenvalue weighted by atomic mass is 16.6. The van der Waals surface area contributed by atoms with Gasteiger partial charge in [-0.2, -0.15) is 0 Å². The van der Waals surface area contributed by atoms with Crippen molar-refractivity contribution in [3.63, 3.8) is 0 Å². The number of ether oxygens (including phenoxy) is 2. The molecule has 0 saturated heterocycles. The summed E-state index contributed by atoms with van der Waals surface area (Å²) in [6, 6.07) is 1.92. The first-order valence-electron chi connectivity index (χ1n) is 6.82. The Hall–Kier alpha value is -1.78. The maximum Gasteiger partial charge on any atom is 0.414 e. The molecule has 0 spiro atoms. The molecule has 0 aliphatic heterocycles. The first kappa shape index (κ1) is 14.6. The average molecular weight is 278 g/mol. The first-order valence-corrected chi connectivity index (χ1v) is 6.82. The SMILES string of the molecule is COc1cnc(C2CC2)cc1N(C)C(=O)OC(C)(C)C. The van der Waals surface area contributed by atoms with Gasteiger partial charge in [-0.15, -0.1) is 0 Å². The van der Waals surface area contributed by atoms with Crippen LogP contribution in [0.2, 0.25) is 0 Å². The van der Waals surface area contributed by atoms with Crippen LogP contribution in [-0.2, 0) is 4.74 Å². The summed E-state index contributed by atoms with van der Waals surface area (Å²) >= 11 is 0. The second kappa shape index (κ2) is 5.31. The lowest BCUT2D eigenvalue weighted by molar-refractivity contribution is 0.0588. The number of hydrogen-bond donors (Lipinski definition) is 0. The third-order valence-corrected chi connectivity index (χ3v) is 3.11. The predicted octanol–water partition coefficient (Wildman–Crippen LogP) is 3.34. The average Bonchev–Trinajstić information content (AvgIpc) is 3.19. The molecule has 1 saturated carbocycles. The standard InChI is InChI=1S/C15H22N2O3/c1-15(2,3)20-14(18)17(4)12-8-11(10-6-7-10)16-9-13(12)19-5/h8-10H,6-7H2,1-5H3. The van der Waals surface area contributed by atoms with Crippen molar-refractivity contribution in [2.45, 2.75) is 45.1 Å². The monoisotopic (exact) mass is 278 g/mol. The molecule has 20 heavy (non-hydrogen) atoms. The predicted molar refractivity (Wildman–Crippen MR) is 77.4 cm³/mol. The summed E-state index contributed by atoms with van der Waals surface area (Å²) in [4.78, 5) is 18.0. The molecule has 0 radical (unpaired) electrons. The molecule has 0 bridgehead atoms. The summed E-state index contributed by atoms with van der Waals surface area (Å²) in [5.74, 6) is 1.09. The van der Waals surface area contributed by atoms with Crippen molar-refractivity contribution in [1.29, 1.82) is 0 Å². The highest BCUT2D eigenvalue weighted by molar-refractivity contribution is 5.89. The Morgan fingerprint density at radius 3 is 2.55 bits per heavy atom. The largest absolute Gasteiger partial charge is 0.493 e. The molecule has 0 N–H and O–H groups in total. The number of methoxy groups -OCH3 is 1. The van der Waals surface area contributed by atoms with Crippen molar-refractivity contribution in [1.82, 2.24) is 4.98 Å². The van der Waals surface area contributed by atoms with E-state index in [4.69, 9.17) is 9.47 Å². The zero-order valence-corrected chi connectivity index (χ0v) is 12.8. The van der Waals surface area contributed by atoms with Gasteiger partial charge in [-0.3, -0.25) is 9.88 Å². The maximum absolute atomic E-state index is 12.2. The number of aromatic nitrogens is 1. The molecule has 1 fully saturated rings. The van der Waals surface area contributed by atoms with Crippen LogP contribution in [0.25, 0.3) is 0 Å². The quantitative estimate of drug-likeness (QED) is 0.851. The van der Waals surface area contributed by atoms with E-state index in [0.29, 0.717) is 17.4 Å². The lowest BCUT2D eigenvalue weighted by Gasteiger charge is -2.25. The number of rotatable bonds is 3. The van der Waals surface area contributed by atoms with Gasteiger partial charge < -0.3 is 9.47 Å². The fourth-order valence-corrected chi connectivity index (χ4v) is 1.90. The van der Waals surface area contributed by atoms with Crippen molar-refractivity contribution in [2.24, 2.45) is 0 Å². The Balaban J connectivity index is 2.24. The molecular formula is C15H22N2O3. The van der Waals surface area contributed by atoms with Gasteiger partial charge in [0.25, 0.3) is 0 Å². The lowest BCUT2D eigenvalue weighted by Crippen LogP contribution is -2.34. The number of pyridine rings is 1. The molecule has 1 aliphatic carbocycles. The number of hydrogen-bond acceptors (Lipinski definition) is 4. The van der Waals surface area contributed by atoms with Gasteiger partial charge in [0.05, 0.1) is 19.0 Å². The van der Waals surface area contributed by atoms with Crippen LogP contribution in [0.4, 0.5) is 10.5 Å². The summed E-state index contributed by atoms with van der Waals surface area (Å²) in [5, 5.41) is 0. The Kier molecular flexibility index (Phi) is 3.88. The third-order valence-electron chi connectivity index (χ3n) is 3.11. The normalized spacial score (nSPS) is 14.8. The minimum Gasteiger partial charge on any atom is -0.493 e. The number of carbonyl (C=O) groups is 1. The number of carbonyl (C=O) groups excluding carboxylic acids is 1. The number of nitrogens with zero attached hydrogens (tertiary/aromatic N) is 2. The topological polar surface area (TPSA) is 51.7 Å². The highest BCUT2D eigenvalue weighted by Crippen LogP contribution is 2.41. The molecule has 1 amide bonds. The Labute approximate surface area is 119 Å². The van der Waals surface area contributed by atoms with E-state index >= 15 is 0 Å². The Bertz CT molecular complexity index is 504. The fourth-order valence-electron chi connectivity index (χ4n) is 1.90. The van der Waals surface area contributed by atoms with Crippen LogP contribution >= 0.6 is 0 Å². The Morgan fingerprint density at radius 1 is 1.40 bits per heavy atom. The third kappa shape index (κ3) is 3.40. The minimum absolute atomic E-state index is 0.399. The van der Waals surface area contributed by atoms with Crippen molar-refractivity contribution in [3.8, 4) is 5.75 Å². The van der Waals surface area contributed by atoms with Crippen molar-refractivity contribution in [3.05, 3.63) is 18.0 Å². The summed E-state index contributed by atoms with van der Waals surface area (Å²) in [5.41, 5.74) is 1.18. The second-order valence-electron chi connectivity index (χ2n) is 6.09. The van der Waals surface area contributed by atoms with Gasteiger partial charge in [0, 0.05) is 18.7 Å². The van der Waals surface area contributed by atoms with Gasteiger partial charge in [0.1, 0.15) is 5.60 Å². The van der Waals surface area contributed by atoms with E-state index in [1.165, 1.54) is 4.90 Å². The molecule has 1 aromatic heterocycles. The van der Waals surface area contributed by atoms with Crippen molar-refractivity contribution in [2.75, 3.05) is 19.1 Å². The van der Waals surface area contributed by atoms with Gasteiger partial charge in [-0.25, -0.2) is 4.79 Å². The molecule has 0 aromatic carbocycles. The molecule has 1 aliphatic rings. The fraction of sp³-hybridized carbons (Fsp3) is 0.600. The van der Waals surface area contributed by atoms with Crippen LogP contribution < -0.4 is 9.64 Å². The summed E-state index contributed by atoms with van der Waals surface area (Å²) in [7, 11) is 3.25. The zero-order chi connectivity index (χ0) is 14.9. The number of anilines is 1. The molecule has 0 atom stereocenters. The van der Waals surface area contributed by atoms with E-state index in [-0.39, 0.29) is 0 Å². The molecule has 0 unspecified atom stereocenters. The van der Waals surface area contributed by atoms with E-state index in [0.717, 1.165) is 18.5 Å². The molecule has 5 nitrogen and oxygen atoms in total. The smallest absolute Gasteiger partial charge is 0.414 e. The van der Waals surface area contributed by atoms with Crippen LogP contribution in [0.15, 0.2) is 12.3 Å².